The topological polar surface area (TPSA) is 9.23 Å². The second-order valence-corrected chi connectivity index (χ2v) is 2.38. The SMILES string of the molecule is CC.CC.CCC(C)C.CCOC. The summed E-state index contributed by atoms with van der Waals surface area (Å²) in [6.07, 6.45) is 1.31. The van der Waals surface area contributed by atoms with E-state index in [0.29, 0.717) is 0 Å². The van der Waals surface area contributed by atoms with E-state index in [-0.39, 0.29) is 0 Å². The van der Waals surface area contributed by atoms with E-state index in [1.807, 2.05) is 34.6 Å². The van der Waals surface area contributed by atoms with Gasteiger partial charge in [0.1, 0.15) is 0 Å². The Labute approximate surface area is 86.9 Å². The van der Waals surface area contributed by atoms with Crippen LogP contribution in [0.4, 0.5) is 0 Å². The molecule has 0 aliphatic heterocycles. The van der Waals surface area contributed by atoms with Gasteiger partial charge in [0.05, 0.1) is 0 Å². The highest BCUT2D eigenvalue weighted by molar-refractivity contribution is 4.32. The normalized spacial score (nSPS) is 6.92. The van der Waals surface area contributed by atoms with Crippen LogP contribution >= 0.6 is 0 Å². The Kier molecular flexibility index (Phi) is 71.8. The molecule has 13 heavy (non-hydrogen) atoms. The minimum absolute atomic E-state index is 0.819. The molecule has 0 N–H and O–H groups in total. The van der Waals surface area contributed by atoms with Crippen LogP contribution in [0.5, 0.6) is 0 Å². The first kappa shape index (κ1) is 23.1. The van der Waals surface area contributed by atoms with E-state index >= 15 is 0 Å². The Morgan fingerprint density at radius 1 is 0.923 bits per heavy atom. The second kappa shape index (κ2) is 40.4. The molecule has 0 radical (unpaired) electrons. The lowest BCUT2D eigenvalue weighted by Gasteiger charge is -1.90. The third kappa shape index (κ3) is 135. The van der Waals surface area contributed by atoms with Crippen LogP contribution in [0.25, 0.3) is 0 Å². The van der Waals surface area contributed by atoms with Crippen molar-refractivity contribution in [3.05, 3.63) is 0 Å². The van der Waals surface area contributed by atoms with Gasteiger partial charge in [0.25, 0.3) is 0 Å². The molecule has 86 valence electrons. The Balaban J connectivity index is -0.0000000457. The molecule has 0 aliphatic rings. The van der Waals surface area contributed by atoms with Crippen molar-refractivity contribution in [3.8, 4) is 0 Å². The van der Waals surface area contributed by atoms with Gasteiger partial charge in [0.15, 0.2) is 0 Å². The van der Waals surface area contributed by atoms with Crippen molar-refractivity contribution in [2.75, 3.05) is 13.7 Å². The molecule has 0 spiro atoms. The summed E-state index contributed by atoms with van der Waals surface area (Å²) >= 11 is 0. The third-order valence-corrected chi connectivity index (χ3v) is 1.11. The fourth-order valence-electron chi connectivity index (χ4n) is 0. The highest BCUT2D eigenvalue weighted by atomic mass is 16.5. The maximum atomic E-state index is 4.54. The van der Waals surface area contributed by atoms with Gasteiger partial charge in [-0.15, -0.1) is 0 Å². The highest BCUT2D eigenvalue weighted by Crippen LogP contribution is 1.93. The summed E-state index contributed by atoms with van der Waals surface area (Å²) in [5, 5.41) is 0. The fourth-order valence-corrected chi connectivity index (χ4v) is 0. The van der Waals surface area contributed by atoms with Crippen LogP contribution in [-0.4, -0.2) is 13.7 Å². The van der Waals surface area contributed by atoms with Crippen molar-refractivity contribution in [2.45, 2.75) is 61.8 Å². The maximum Gasteiger partial charge on any atom is 0.0433 e. The molecule has 0 amide bonds. The zero-order valence-electron chi connectivity index (χ0n) is 11.4. The number of hydrogen-bond acceptors (Lipinski definition) is 1. The van der Waals surface area contributed by atoms with E-state index in [0.717, 1.165) is 12.5 Å². The van der Waals surface area contributed by atoms with E-state index in [9.17, 15) is 0 Å². The quantitative estimate of drug-likeness (QED) is 0.613. The van der Waals surface area contributed by atoms with Crippen molar-refractivity contribution in [1.82, 2.24) is 0 Å². The van der Waals surface area contributed by atoms with Gasteiger partial charge in [0, 0.05) is 13.7 Å². The van der Waals surface area contributed by atoms with Gasteiger partial charge < -0.3 is 4.74 Å². The maximum absolute atomic E-state index is 4.54. The number of ether oxygens (including phenoxy) is 1. The molecular formula is C12H32O. The molecule has 0 bridgehead atoms. The summed E-state index contributed by atoms with van der Waals surface area (Å²) in [5.41, 5.74) is 0. The Bertz CT molecular complexity index is 32.1. The summed E-state index contributed by atoms with van der Waals surface area (Å²) < 4.78 is 4.54. The van der Waals surface area contributed by atoms with E-state index < -0.39 is 0 Å². The van der Waals surface area contributed by atoms with Crippen LogP contribution < -0.4 is 0 Å². The monoisotopic (exact) mass is 192 g/mol. The first-order valence-electron chi connectivity index (χ1n) is 5.67. The third-order valence-electron chi connectivity index (χ3n) is 1.11. The van der Waals surface area contributed by atoms with Crippen LogP contribution in [0.1, 0.15) is 61.8 Å². The lowest BCUT2D eigenvalue weighted by Crippen LogP contribution is -1.77. The molecule has 1 heteroatoms. The number of methoxy groups -OCH3 is 1. The first-order chi connectivity index (χ1) is 6.18. The van der Waals surface area contributed by atoms with E-state index in [1.165, 1.54) is 6.42 Å². The van der Waals surface area contributed by atoms with Crippen LogP contribution in [-0.2, 0) is 4.74 Å². The first-order valence-corrected chi connectivity index (χ1v) is 5.67. The second-order valence-electron chi connectivity index (χ2n) is 2.38. The van der Waals surface area contributed by atoms with Crippen LogP contribution in [0.15, 0.2) is 0 Å². The van der Waals surface area contributed by atoms with Crippen molar-refractivity contribution in [1.29, 1.82) is 0 Å². The smallest absolute Gasteiger partial charge is 0.0433 e. The summed E-state index contributed by atoms with van der Waals surface area (Å²) in [4.78, 5) is 0. The molecule has 0 aromatic heterocycles. The average Bonchev–Trinajstić information content (AvgIpc) is 2.24. The van der Waals surface area contributed by atoms with Crippen molar-refractivity contribution in [3.63, 3.8) is 0 Å². The molecule has 1 nitrogen and oxygen atoms in total. The molecular weight excluding hydrogens is 160 g/mol. The predicted molar refractivity (Wildman–Crippen MR) is 65.4 cm³/mol. The molecule has 0 unspecified atom stereocenters. The summed E-state index contributed by atoms with van der Waals surface area (Å²) in [7, 11) is 1.68. The molecule has 0 saturated heterocycles. The molecule has 0 fully saturated rings. The van der Waals surface area contributed by atoms with E-state index in [1.54, 1.807) is 7.11 Å². The Morgan fingerprint density at radius 3 is 1.08 bits per heavy atom. The standard InChI is InChI=1S/C5H12.C3H8O.2C2H6/c1-4-5(2)3;1-3-4-2;2*1-2/h5H,4H2,1-3H3;3H2,1-2H3;2*1-2H3. The zero-order valence-corrected chi connectivity index (χ0v) is 11.4. The average molecular weight is 192 g/mol. The lowest BCUT2D eigenvalue weighted by atomic mass is 10.2. The molecule has 0 aromatic carbocycles. The highest BCUT2D eigenvalue weighted by Gasteiger charge is 1.80. The van der Waals surface area contributed by atoms with Gasteiger partial charge in [0.2, 0.25) is 0 Å². The van der Waals surface area contributed by atoms with Crippen LogP contribution in [0, 0.1) is 5.92 Å². The van der Waals surface area contributed by atoms with Gasteiger partial charge in [-0.1, -0.05) is 54.9 Å². The van der Waals surface area contributed by atoms with Gasteiger partial charge in [-0.2, -0.15) is 0 Å². The zero-order chi connectivity index (χ0) is 11.7. The van der Waals surface area contributed by atoms with E-state index in [4.69, 9.17) is 0 Å². The minimum atomic E-state index is 0.819. The van der Waals surface area contributed by atoms with Crippen molar-refractivity contribution in [2.24, 2.45) is 5.92 Å². The summed E-state index contributed by atoms with van der Waals surface area (Å²) in [6, 6.07) is 0. The Hall–Kier alpha value is -0.0400. The van der Waals surface area contributed by atoms with Crippen molar-refractivity contribution >= 4 is 0 Å². The summed E-state index contributed by atoms with van der Waals surface area (Å²) in [5.74, 6) is 0.884. The van der Waals surface area contributed by atoms with Gasteiger partial charge in [-0.05, 0) is 12.8 Å². The largest absolute Gasteiger partial charge is 0.385 e. The molecule has 0 rings (SSSR count). The number of rotatable bonds is 2. The van der Waals surface area contributed by atoms with Crippen LogP contribution in [0.2, 0.25) is 0 Å². The minimum Gasteiger partial charge on any atom is -0.385 e. The molecule has 0 heterocycles. The fraction of sp³-hybridized carbons (Fsp3) is 1.00. The number of hydrogen-bond donors (Lipinski definition) is 0. The molecule has 0 aromatic rings. The Morgan fingerprint density at radius 2 is 1.08 bits per heavy atom. The molecule has 0 aliphatic carbocycles. The van der Waals surface area contributed by atoms with Gasteiger partial charge in [-0.3, -0.25) is 0 Å². The summed E-state index contributed by atoms with van der Waals surface area (Å²) in [6.45, 7) is 17.4. The van der Waals surface area contributed by atoms with E-state index in [2.05, 4.69) is 25.5 Å². The molecule has 0 saturated carbocycles. The van der Waals surface area contributed by atoms with Crippen LogP contribution in [0.3, 0.4) is 0 Å². The van der Waals surface area contributed by atoms with Crippen molar-refractivity contribution < 1.29 is 4.74 Å². The van der Waals surface area contributed by atoms with Gasteiger partial charge >= 0.3 is 0 Å². The predicted octanol–water partition coefficient (Wildman–Crippen LogP) is 4.76. The van der Waals surface area contributed by atoms with Gasteiger partial charge in [-0.25, -0.2) is 0 Å². The molecule has 0 atom stereocenters. The lowest BCUT2D eigenvalue weighted by molar-refractivity contribution is 0.215.